The molecule has 2 heteroatoms. The molecule has 1 N–H and O–H groups in total. The number of fused-ring (bicyclic) bond motifs is 6. The smallest absolute Gasteiger partial charge is 0.0714 e. The fraction of sp³-hybridized carbons (Fsp3) is 0.0323. The van der Waals surface area contributed by atoms with Crippen LogP contribution >= 0.6 is 15.9 Å². The Hall–Kier alpha value is -3.62. The van der Waals surface area contributed by atoms with Crippen molar-refractivity contribution in [3.05, 3.63) is 142 Å². The second-order valence-corrected chi connectivity index (χ2v) is 9.70. The molecule has 0 bridgehead atoms. The number of aromatic nitrogens is 1. The lowest BCUT2D eigenvalue weighted by Gasteiger charge is -2.34. The lowest BCUT2D eigenvalue weighted by molar-refractivity contribution is 0.769. The van der Waals surface area contributed by atoms with Gasteiger partial charge >= 0.3 is 0 Å². The average Bonchev–Trinajstić information content (AvgIpc) is 3.36. The third-order valence-electron chi connectivity index (χ3n) is 7.14. The van der Waals surface area contributed by atoms with Crippen LogP contribution in [-0.4, -0.2) is 4.98 Å². The van der Waals surface area contributed by atoms with Crippen LogP contribution in [-0.2, 0) is 5.41 Å². The number of nitrogens with one attached hydrogen (secondary N) is 1. The molecule has 1 nitrogen and oxygen atoms in total. The molecule has 5 aromatic carbocycles. The molecule has 0 radical (unpaired) electrons. The lowest BCUT2D eigenvalue weighted by atomic mass is 9.67. The van der Waals surface area contributed by atoms with Gasteiger partial charge in [-0.1, -0.05) is 101 Å². The summed E-state index contributed by atoms with van der Waals surface area (Å²) in [4.78, 5) is 3.65. The molecule has 7 rings (SSSR count). The second kappa shape index (κ2) is 6.94. The Morgan fingerprint density at radius 2 is 1.15 bits per heavy atom. The first-order valence-corrected chi connectivity index (χ1v) is 12.0. The van der Waals surface area contributed by atoms with Crippen LogP contribution in [0.2, 0.25) is 0 Å². The number of halogens is 1. The molecule has 1 aliphatic carbocycles. The number of hydrogen-bond donors (Lipinski definition) is 1. The highest BCUT2D eigenvalue weighted by Crippen LogP contribution is 2.57. The Balaban J connectivity index is 1.70. The Kier molecular flexibility index (Phi) is 3.97. The van der Waals surface area contributed by atoms with Crippen LogP contribution in [0, 0.1) is 0 Å². The summed E-state index contributed by atoms with van der Waals surface area (Å²) in [6.07, 6.45) is 0. The largest absolute Gasteiger partial charge is 0.354 e. The van der Waals surface area contributed by atoms with Crippen LogP contribution in [0.5, 0.6) is 0 Å². The molecule has 0 fully saturated rings. The zero-order valence-electron chi connectivity index (χ0n) is 17.8. The van der Waals surface area contributed by atoms with Gasteiger partial charge in [0.05, 0.1) is 5.41 Å². The normalized spacial score (nSPS) is 13.8. The van der Waals surface area contributed by atoms with Gasteiger partial charge in [0.15, 0.2) is 0 Å². The van der Waals surface area contributed by atoms with E-state index in [1.54, 1.807) is 0 Å². The minimum atomic E-state index is -0.385. The van der Waals surface area contributed by atoms with Gasteiger partial charge in [0.1, 0.15) is 0 Å². The third-order valence-corrected chi connectivity index (χ3v) is 7.63. The molecular weight excluding hydrogens is 466 g/mol. The molecule has 0 unspecified atom stereocenters. The summed E-state index contributed by atoms with van der Waals surface area (Å²) in [7, 11) is 0. The molecule has 0 aliphatic heterocycles. The summed E-state index contributed by atoms with van der Waals surface area (Å²) in [6.45, 7) is 0. The van der Waals surface area contributed by atoms with E-state index in [4.69, 9.17) is 0 Å². The molecule has 1 aromatic heterocycles. The minimum absolute atomic E-state index is 0.385. The van der Waals surface area contributed by atoms with E-state index in [-0.39, 0.29) is 5.41 Å². The van der Waals surface area contributed by atoms with Crippen molar-refractivity contribution in [3.8, 4) is 11.1 Å². The monoisotopic (exact) mass is 485 g/mol. The van der Waals surface area contributed by atoms with Crippen molar-refractivity contribution in [3.63, 3.8) is 0 Å². The number of H-pyrrole nitrogens is 1. The lowest BCUT2D eigenvalue weighted by Crippen LogP contribution is -2.28. The van der Waals surface area contributed by atoms with Gasteiger partial charge in [0, 0.05) is 26.3 Å². The number of hydrogen-bond acceptors (Lipinski definition) is 0. The number of benzene rings is 5. The van der Waals surface area contributed by atoms with Crippen molar-refractivity contribution < 1.29 is 0 Å². The van der Waals surface area contributed by atoms with Crippen molar-refractivity contribution >= 4 is 37.7 Å². The van der Waals surface area contributed by atoms with Gasteiger partial charge in [-0.05, 0) is 63.7 Å². The van der Waals surface area contributed by atoms with E-state index < -0.39 is 0 Å². The van der Waals surface area contributed by atoms with E-state index in [0.717, 1.165) is 4.47 Å². The summed E-state index contributed by atoms with van der Waals surface area (Å²) >= 11 is 3.77. The number of para-hydroxylation sites is 1. The summed E-state index contributed by atoms with van der Waals surface area (Å²) in [5.41, 5.74) is 9.79. The maximum Gasteiger partial charge on any atom is 0.0714 e. The molecule has 6 aromatic rings. The maximum absolute atomic E-state index is 3.77. The highest BCUT2D eigenvalue weighted by atomic mass is 79.9. The Morgan fingerprint density at radius 1 is 0.515 bits per heavy atom. The molecular formula is C31H20BrN. The van der Waals surface area contributed by atoms with Gasteiger partial charge < -0.3 is 4.98 Å². The van der Waals surface area contributed by atoms with Gasteiger partial charge in [-0.2, -0.15) is 0 Å². The summed E-state index contributed by atoms with van der Waals surface area (Å²) in [5.74, 6) is 0. The predicted molar refractivity (Wildman–Crippen MR) is 141 cm³/mol. The topological polar surface area (TPSA) is 15.8 Å². The fourth-order valence-corrected chi connectivity index (χ4v) is 6.16. The van der Waals surface area contributed by atoms with Gasteiger partial charge in [0.2, 0.25) is 0 Å². The van der Waals surface area contributed by atoms with Gasteiger partial charge in [-0.3, -0.25) is 0 Å². The summed E-state index contributed by atoms with van der Waals surface area (Å²) in [5, 5.41) is 2.54. The number of rotatable bonds is 2. The van der Waals surface area contributed by atoms with Crippen LogP contribution in [0.25, 0.3) is 32.9 Å². The van der Waals surface area contributed by atoms with Crippen LogP contribution in [0.4, 0.5) is 0 Å². The Labute approximate surface area is 200 Å². The Bertz CT molecular complexity index is 1620. The van der Waals surface area contributed by atoms with E-state index >= 15 is 0 Å². The first-order valence-electron chi connectivity index (χ1n) is 11.2. The summed E-state index contributed by atoms with van der Waals surface area (Å²) in [6, 6.07) is 42.0. The van der Waals surface area contributed by atoms with Gasteiger partial charge in [-0.15, -0.1) is 0 Å². The maximum atomic E-state index is 3.77. The molecule has 0 saturated carbocycles. The van der Waals surface area contributed by atoms with E-state index in [1.807, 2.05) is 0 Å². The van der Waals surface area contributed by atoms with Crippen LogP contribution in [0.15, 0.2) is 120 Å². The zero-order chi connectivity index (χ0) is 22.0. The zero-order valence-corrected chi connectivity index (χ0v) is 19.4. The van der Waals surface area contributed by atoms with Gasteiger partial charge in [0.25, 0.3) is 0 Å². The quantitative estimate of drug-likeness (QED) is 0.252. The Morgan fingerprint density at radius 3 is 1.88 bits per heavy atom. The molecule has 0 saturated heterocycles. The molecule has 1 heterocycles. The van der Waals surface area contributed by atoms with Crippen LogP contribution in [0.1, 0.15) is 22.3 Å². The third kappa shape index (κ3) is 2.53. The van der Waals surface area contributed by atoms with Crippen molar-refractivity contribution in [2.75, 3.05) is 0 Å². The molecule has 156 valence electrons. The highest BCUT2D eigenvalue weighted by molar-refractivity contribution is 9.10. The highest BCUT2D eigenvalue weighted by Gasteiger charge is 2.46. The van der Waals surface area contributed by atoms with Crippen molar-refractivity contribution in [1.29, 1.82) is 0 Å². The van der Waals surface area contributed by atoms with Crippen molar-refractivity contribution in [2.24, 2.45) is 0 Å². The number of aromatic amines is 1. The molecule has 1 aliphatic rings. The van der Waals surface area contributed by atoms with Gasteiger partial charge in [-0.25, -0.2) is 0 Å². The standard InChI is InChI=1S/C31H20BrN/c32-22-15-16-23-25-19-30-26(24-13-7-8-14-29(24)33-30)18-28(25)31(27(23)17-22,20-9-3-1-4-10-20)21-11-5-2-6-12-21/h1-19,33H. The molecule has 0 amide bonds. The van der Waals surface area contributed by atoms with E-state index in [9.17, 15) is 0 Å². The van der Waals surface area contributed by atoms with E-state index in [2.05, 4.69) is 136 Å². The van der Waals surface area contributed by atoms with Crippen LogP contribution < -0.4 is 0 Å². The first-order chi connectivity index (χ1) is 16.3. The van der Waals surface area contributed by atoms with Crippen molar-refractivity contribution in [1.82, 2.24) is 4.98 Å². The minimum Gasteiger partial charge on any atom is -0.354 e. The molecule has 0 spiro atoms. The molecule has 33 heavy (non-hydrogen) atoms. The van der Waals surface area contributed by atoms with E-state index in [1.165, 1.54) is 55.2 Å². The van der Waals surface area contributed by atoms with E-state index in [0.29, 0.717) is 0 Å². The fourth-order valence-electron chi connectivity index (χ4n) is 5.80. The SMILES string of the molecule is Brc1ccc2c(c1)C(c1ccccc1)(c1ccccc1)c1cc3c(cc1-2)[nH]c1ccccc13. The second-order valence-electron chi connectivity index (χ2n) is 8.79. The van der Waals surface area contributed by atoms with Crippen LogP contribution in [0.3, 0.4) is 0 Å². The summed E-state index contributed by atoms with van der Waals surface area (Å²) < 4.78 is 1.10. The average molecular weight is 486 g/mol. The molecule has 0 atom stereocenters. The predicted octanol–water partition coefficient (Wildman–Crippen LogP) is 8.45. The van der Waals surface area contributed by atoms with Crippen molar-refractivity contribution in [2.45, 2.75) is 5.41 Å². The first kappa shape index (κ1) is 18.9.